The average molecular weight is 339 g/mol. The maximum Gasteiger partial charge on any atom is -1.00 e. The number of hydrogen-bond donors (Lipinski definition) is 0. The van der Waals surface area contributed by atoms with E-state index in [2.05, 4.69) is 38.2 Å². The Kier molecular flexibility index (Phi) is 2.83. The van der Waals surface area contributed by atoms with Crippen LogP contribution in [-0.2, 0) is 22.9 Å². The van der Waals surface area contributed by atoms with Gasteiger partial charge < -0.3 is 2.85 Å². The van der Waals surface area contributed by atoms with Crippen LogP contribution in [0.5, 0.6) is 0 Å². The molecule has 0 heterocycles. The fraction of sp³-hybridized carbons (Fsp3) is 0.333. The summed E-state index contributed by atoms with van der Waals surface area (Å²) in [5, 5.41) is 0. The van der Waals surface area contributed by atoms with Gasteiger partial charge in [-0.05, 0) is 0 Å². The molecule has 0 aliphatic heterocycles. The van der Waals surface area contributed by atoms with Gasteiger partial charge in [-0.1, -0.05) is 0 Å². The summed E-state index contributed by atoms with van der Waals surface area (Å²) in [5.41, 5.74) is 3.13. The van der Waals surface area contributed by atoms with Crippen LogP contribution in [0.4, 0.5) is 0 Å². The van der Waals surface area contributed by atoms with Gasteiger partial charge in [-0.15, -0.1) is 0 Å². The predicted octanol–water partition coefficient (Wildman–Crippen LogP) is 3.76. The summed E-state index contributed by atoms with van der Waals surface area (Å²) < 4.78 is 3.61. The van der Waals surface area contributed by atoms with E-state index in [0.717, 1.165) is 0 Å². The number of rotatable bonds is 2. The molecule has 2 aliphatic rings. The molecule has 0 spiro atoms. The summed E-state index contributed by atoms with van der Waals surface area (Å²) in [6.07, 6.45) is 11.7. The zero-order valence-corrected chi connectivity index (χ0v) is 11.8. The fourth-order valence-corrected chi connectivity index (χ4v) is 6.62. The summed E-state index contributed by atoms with van der Waals surface area (Å²) in [7, 11) is 0. The molecule has 0 N–H and O–H groups in total. The van der Waals surface area contributed by atoms with E-state index in [4.69, 9.17) is 0 Å². The average Bonchev–Trinajstić information content (AvgIpc) is 2.65. The molecule has 0 radical (unpaired) electrons. The molecule has 0 aromatic heterocycles. The third-order valence-electron chi connectivity index (χ3n) is 2.63. The van der Waals surface area contributed by atoms with Crippen LogP contribution in [0, 0.1) is 0 Å². The van der Waals surface area contributed by atoms with Crippen LogP contribution in [0.3, 0.4) is 0 Å². The van der Waals surface area contributed by atoms with Crippen molar-refractivity contribution in [2.24, 2.45) is 0 Å². The first-order valence-corrected chi connectivity index (χ1v) is 8.36. The van der Waals surface area contributed by atoms with E-state index in [1.165, 1.54) is 12.8 Å². The van der Waals surface area contributed by atoms with E-state index in [1.807, 2.05) is 0 Å². The molecule has 0 aromatic rings. The van der Waals surface area contributed by atoms with Gasteiger partial charge in [-0.2, -0.15) is 0 Å². The van der Waals surface area contributed by atoms with Crippen LogP contribution in [0.2, 0.25) is 0 Å². The van der Waals surface area contributed by atoms with E-state index >= 15 is 0 Å². The van der Waals surface area contributed by atoms with Crippen molar-refractivity contribution in [3.63, 3.8) is 0 Å². The first kappa shape index (κ1) is 9.39. The third-order valence-corrected chi connectivity index (χ3v) is 9.10. The molecule has 2 aliphatic carbocycles. The molecule has 0 unspecified atom stereocenters. The number of hydrogen-bond acceptors (Lipinski definition) is 0. The molecular weight excluding hydrogens is 323 g/mol. The van der Waals surface area contributed by atoms with Crippen molar-refractivity contribution >= 4 is 0 Å². The van der Waals surface area contributed by atoms with Crippen LogP contribution in [-0.4, -0.2) is 0 Å². The van der Waals surface area contributed by atoms with E-state index < -0.39 is 22.9 Å². The zero-order chi connectivity index (χ0) is 9.26. The van der Waals surface area contributed by atoms with E-state index in [9.17, 15) is 0 Å². The Morgan fingerprint density at radius 3 is 1.77 bits per heavy atom. The minimum absolute atomic E-state index is 0. The van der Waals surface area contributed by atoms with Gasteiger partial charge >= 0.3 is 91.7 Å². The van der Waals surface area contributed by atoms with Crippen molar-refractivity contribution in [2.45, 2.75) is 26.7 Å². The molecule has 0 fully saturated rings. The Morgan fingerprint density at radius 1 is 1.00 bits per heavy atom. The fourth-order valence-electron chi connectivity index (χ4n) is 1.71. The molecule has 13 heavy (non-hydrogen) atoms. The molecule has 0 amide bonds. The third kappa shape index (κ3) is 2.01. The van der Waals surface area contributed by atoms with Crippen LogP contribution >= 0.6 is 0 Å². The summed E-state index contributed by atoms with van der Waals surface area (Å²) in [6.45, 7) is 4.54. The molecule has 0 bridgehead atoms. The Labute approximate surface area is 94.4 Å². The molecule has 0 saturated heterocycles. The van der Waals surface area contributed by atoms with Crippen molar-refractivity contribution in [1.82, 2.24) is 0 Å². The quantitative estimate of drug-likeness (QED) is 0.673. The molecule has 0 nitrogen and oxygen atoms in total. The van der Waals surface area contributed by atoms with Gasteiger partial charge in [0.15, 0.2) is 0 Å². The van der Waals surface area contributed by atoms with Crippen molar-refractivity contribution in [2.75, 3.05) is 0 Å². The van der Waals surface area contributed by atoms with Gasteiger partial charge in [0.1, 0.15) is 0 Å². The van der Waals surface area contributed by atoms with Crippen LogP contribution in [0.15, 0.2) is 42.1 Å². The van der Waals surface area contributed by atoms with Gasteiger partial charge in [0.25, 0.3) is 0 Å². The molecule has 2 rings (SSSR count). The summed E-state index contributed by atoms with van der Waals surface area (Å²) in [5.74, 6) is 0. The van der Waals surface area contributed by atoms with Gasteiger partial charge in [-0.25, -0.2) is 0 Å². The van der Waals surface area contributed by atoms with Gasteiger partial charge in [-0.3, -0.25) is 0 Å². The summed E-state index contributed by atoms with van der Waals surface area (Å²) >= 11 is -0.612. The Hall–Kier alpha value is -0.170. The number of allylic oxidation sites excluding steroid dienone is 8. The van der Waals surface area contributed by atoms with Crippen LogP contribution in [0.25, 0.3) is 0 Å². The Morgan fingerprint density at radius 2 is 1.46 bits per heavy atom. The molecule has 1 heteroatoms. The normalized spacial score (nSPS) is 20.5. The smallest absolute Gasteiger partial charge is 1.00 e. The van der Waals surface area contributed by atoms with Crippen LogP contribution < -0.4 is 0 Å². The summed E-state index contributed by atoms with van der Waals surface area (Å²) in [6, 6.07) is 0. The van der Waals surface area contributed by atoms with E-state index in [0.29, 0.717) is 0 Å². The first-order valence-electron chi connectivity index (χ1n) is 4.77. The van der Waals surface area contributed by atoms with E-state index in [-0.39, 0.29) is 2.85 Å². The second-order valence-electron chi connectivity index (χ2n) is 3.66. The molecule has 0 aromatic carbocycles. The van der Waals surface area contributed by atoms with Crippen LogP contribution in [0.1, 0.15) is 29.5 Å². The summed E-state index contributed by atoms with van der Waals surface area (Å²) in [4.78, 5) is 0. The van der Waals surface area contributed by atoms with Crippen molar-refractivity contribution in [1.29, 1.82) is 0 Å². The SMILES string of the molecule is CC1=[C]([Hf+2][C]2=C(C)C=CC2)CC=C1.[H-].[H-]. The first-order chi connectivity index (χ1) is 6.27. The Bertz CT molecular complexity index is 315. The monoisotopic (exact) mass is 340 g/mol. The topological polar surface area (TPSA) is 0 Å². The minimum Gasteiger partial charge on any atom is -1.00 e. The second-order valence-corrected chi connectivity index (χ2v) is 8.90. The maximum absolute atomic E-state index is 2.32. The van der Waals surface area contributed by atoms with Crippen molar-refractivity contribution < 1.29 is 25.8 Å². The maximum atomic E-state index is 2.32. The van der Waals surface area contributed by atoms with Crippen molar-refractivity contribution in [3.05, 3.63) is 42.1 Å². The van der Waals surface area contributed by atoms with Gasteiger partial charge in [0.2, 0.25) is 0 Å². The Balaban J connectivity index is 0.000000980. The van der Waals surface area contributed by atoms with E-state index in [1.54, 1.807) is 17.8 Å². The largest absolute Gasteiger partial charge is 1.00 e. The van der Waals surface area contributed by atoms with Gasteiger partial charge in [0, 0.05) is 0 Å². The van der Waals surface area contributed by atoms with Crippen molar-refractivity contribution in [3.8, 4) is 0 Å². The zero-order valence-electron chi connectivity index (χ0n) is 10.2. The van der Waals surface area contributed by atoms with Gasteiger partial charge in [0.05, 0.1) is 0 Å². The standard InChI is InChI=1S/2C6H7.Hf.2H/c2*1-6-4-2-3-5-6;;;/h2*2,4H,3H2,1H3;;;/q;;+2;2*-1. The molecule has 0 atom stereocenters. The predicted molar refractivity (Wildman–Crippen MR) is 55.1 cm³/mol. The molecule has 0 saturated carbocycles. The molecular formula is C12H16Hf. The minimum atomic E-state index is -0.612. The second kappa shape index (κ2) is 3.91. The molecule has 68 valence electrons.